The maximum absolute atomic E-state index is 13.2. The van der Waals surface area contributed by atoms with Crippen LogP contribution in [-0.4, -0.2) is 75.2 Å². The molecule has 2 aromatic heterocycles. The lowest BCUT2D eigenvalue weighted by atomic mass is 9.91. The second-order valence-electron chi connectivity index (χ2n) is 8.46. The van der Waals surface area contributed by atoms with Gasteiger partial charge in [-0.2, -0.15) is 9.61 Å². The Balaban J connectivity index is 1.36. The van der Waals surface area contributed by atoms with Gasteiger partial charge in [0, 0.05) is 25.2 Å². The van der Waals surface area contributed by atoms with Crippen molar-refractivity contribution in [3.8, 4) is 5.88 Å². The normalized spacial score (nSPS) is 23.8. The summed E-state index contributed by atoms with van der Waals surface area (Å²) in [5.74, 6) is 0.0815. The zero-order valence-corrected chi connectivity index (χ0v) is 18.1. The molecule has 1 saturated heterocycles. The number of amides is 2. The predicted molar refractivity (Wildman–Crippen MR) is 115 cm³/mol. The van der Waals surface area contributed by atoms with Crippen LogP contribution in [-0.2, 0) is 4.79 Å². The SMILES string of the molecule is COc1cc(C2=CC2)cc2c(Cl)c(C(=O)N3CCN(C4CCC(O)CC4)C(=O)C3)nn12. The Labute approximate surface area is 185 Å². The molecule has 2 aromatic rings. The predicted octanol–water partition coefficient (Wildman–Crippen LogP) is 2.37. The Morgan fingerprint density at radius 3 is 2.61 bits per heavy atom. The zero-order valence-electron chi connectivity index (χ0n) is 17.4. The number of rotatable bonds is 4. The summed E-state index contributed by atoms with van der Waals surface area (Å²) in [6.45, 7) is 0.929. The third kappa shape index (κ3) is 3.68. The Morgan fingerprint density at radius 1 is 1.23 bits per heavy atom. The van der Waals surface area contributed by atoms with E-state index in [0.29, 0.717) is 37.3 Å². The molecule has 164 valence electrons. The van der Waals surface area contributed by atoms with E-state index in [9.17, 15) is 14.7 Å². The van der Waals surface area contributed by atoms with Crippen molar-refractivity contribution in [3.63, 3.8) is 0 Å². The van der Waals surface area contributed by atoms with Crippen LogP contribution in [0.1, 0.15) is 48.2 Å². The van der Waals surface area contributed by atoms with Crippen LogP contribution in [0.3, 0.4) is 0 Å². The first-order chi connectivity index (χ1) is 15.0. The van der Waals surface area contributed by atoms with Gasteiger partial charge in [-0.15, -0.1) is 0 Å². The minimum Gasteiger partial charge on any atom is -0.481 e. The number of piperazine rings is 1. The number of allylic oxidation sites excluding steroid dienone is 2. The number of methoxy groups -OCH3 is 1. The van der Waals surface area contributed by atoms with Gasteiger partial charge in [0.05, 0.1) is 23.8 Å². The maximum Gasteiger partial charge on any atom is 0.276 e. The molecule has 0 spiro atoms. The molecule has 31 heavy (non-hydrogen) atoms. The smallest absolute Gasteiger partial charge is 0.276 e. The minimum absolute atomic E-state index is 0.0113. The molecule has 1 saturated carbocycles. The zero-order chi connectivity index (χ0) is 21.7. The second kappa shape index (κ2) is 7.84. The number of aliphatic hydroxyl groups is 1. The molecular formula is C22H25ClN4O4. The topological polar surface area (TPSA) is 87.4 Å². The summed E-state index contributed by atoms with van der Waals surface area (Å²) in [5.41, 5.74) is 2.95. The average molecular weight is 445 g/mol. The molecule has 9 heteroatoms. The van der Waals surface area contributed by atoms with E-state index in [4.69, 9.17) is 16.3 Å². The number of hydrogen-bond donors (Lipinski definition) is 1. The van der Waals surface area contributed by atoms with Crippen molar-refractivity contribution >= 4 is 34.5 Å². The summed E-state index contributed by atoms with van der Waals surface area (Å²) in [4.78, 5) is 29.4. The third-order valence-electron chi connectivity index (χ3n) is 6.48. The highest BCUT2D eigenvalue weighted by molar-refractivity contribution is 6.37. The highest BCUT2D eigenvalue weighted by Gasteiger charge is 2.35. The first-order valence-corrected chi connectivity index (χ1v) is 11.1. The van der Waals surface area contributed by atoms with E-state index in [0.717, 1.165) is 24.8 Å². The van der Waals surface area contributed by atoms with Crippen LogP contribution in [0.5, 0.6) is 5.88 Å². The van der Waals surface area contributed by atoms with Crippen molar-refractivity contribution in [3.05, 3.63) is 34.5 Å². The van der Waals surface area contributed by atoms with Crippen LogP contribution in [0, 0.1) is 0 Å². The van der Waals surface area contributed by atoms with Crippen LogP contribution in [0.4, 0.5) is 0 Å². The van der Waals surface area contributed by atoms with Gasteiger partial charge in [-0.1, -0.05) is 17.7 Å². The number of aromatic nitrogens is 2. The molecule has 8 nitrogen and oxygen atoms in total. The summed E-state index contributed by atoms with van der Waals surface area (Å²) in [5, 5.41) is 14.4. The Kier molecular flexibility index (Phi) is 5.14. The van der Waals surface area contributed by atoms with Gasteiger partial charge in [0.25, 0.3) is 5.91 Å². The minimum atomic E-state index is -0.352. The molecule has 2 amide bonds. The first kappa shape index (κ1) is 20.3. The molecule has 2 fully saturated rings. The van der Waals surface area contributed by atoms with Gasteiger partial charge >= 0.3 is 0 Å². The number of fused-ring (bicyclic) bond motifs is 1. The highest BCUT2D eigenvalue weighted by Crippen LogP contribution is 2.36. The van der Waals surface area contributed by atoms with E-state index >= 15 is 0 Å². The van der Waals surface area contributed by atoms with Crippen LogP contribution in [0.25, 0.3) is 11.1 Å². The molecule has 3 aliphatic rings. The van der Waals surface area contributed by atoms with Gasteiger partial charge in [-0.05, 0) is 49.3 Å². The fourth-order valence-corrected chi connectivity index (χ4v) is 4.86. The van der Waals surface area contributed by atoms with Crippen molar-refractivity contribution in [2.24, 2.45) is 0 Å². The van der Waals surface area contributed by atoms with Gasteiger partial charge in [-0.3, -0.25) is 9.59 Å². The number of nitrogens with zero attached hydrogens (tertiary/aromatic N) is 4. The van der Waals surface area contributed by atoms with Crippen molar-refractivity contribution < 1.29 is 19.4 Å². The monoisotopic (exact) mass is 444 g/mol. The van der Waals surface area contributed by atoms with Crippen LogP contribution in [0.15, 0.2) is 18.2 Å². The number of ether oxygens (including phenoxy) is 1. The number of hydrogen-bond acceptors (Lipinski definition) is 5. The van der Waals surface area contributed by atoms with Gasteiger partial charge in [0.1, 0.15) is 6.54 Å². The number of carbonyl (C=O) groups excluding carboxylic acids is 2. The highest BCUT2D eigenvalue weighted by atomic mass is 35.5. The average Bonchev–Trinajstić information content (AvgIpc) is 3.57. The van der Waals surface area contributed by atoms with E-state index in [2.05, 4.69) is 11.2 Å². The van der Waals surface area contributed by atoms with E-state index < -0.39 is 0 Å². The molecule has 0 atom stereocenters. The first-order valence-electron chi connectivity index (χ1n) is 10.7. The summed E-state index contributed by atoms with van der Waals surface area (Å²) in [6, 6.07) is 3.94. The lowest BCUT2D eigenvalue weighted by Crippen LogP contribution is -2.56. The second-order valence-corrected chi connectivity index (χ2v) is 8.83. The van der Waals surface area contributed by atoms with Gasteiger partial charge < -0.3 is 19.6 Å². The quantitative estimate of drug-likeness (QED) is 0.782. The van der Waals surface area contributed by atoms with Crippen LogP contribution in [0.2, 0.25) is 5.02 Å². The molecule has 0 radical (unpaired) electrons. The molecule has 5 rings (SSSR count). The van der Waals surface area contributed by atoms with Crippen molar-refractivity contribution in [2.45, 2.75) is 44.2 Å². The molecule has 1 aliphatic heterocycles. The van der Waals surface area contributed by atoms with Crippen LogP contribution < -0.4 is 4.74 Å². The molecule has 0 aromatic carbocycles. The van der Waals surface area contributed by atoms with E-state index in [1.54, 1.807) is 7.11 Å². The number of halogens is 1. The summed E-state index contributed by atoms with van der Waals surface area (Å²) >= 11 is 6.57. The molecular weight excluding hydrogens is 420 g/mol. The molecule has 3 heterocycles. The van der Waals surface area contributed by atoms with E-state index in [1.807, 2.05) is 17.0 Å². The summed E-state index contributed by atoms with van der Waals surface area (Å²) in [6.07, 6.45) is 5.82. The largest absolute Gasteiger partial charge is 0.481 e. The van der Waals surface area contributed by atoms with E-state index in [1.165, 1.54) is 15.0 Å². The number of aliphatic hydroxyl groups excluding tert-OH is 1. The fraction of sp³-hybridized carbons (Fsp3) is 0.500. The Bertz CT molecular complexity index is 1090. The van der Waals surface area contributed by atoms with Crippen LogP contribution >= 0.6 is 11.6 Å². The van der Waals surface area contributed by atoms with Gasteiger partial charge in [0.15, 0.2) is 5.69 Å². The Morgan fingerprint density at radius 2 is 1.97 bits per heavy atom. The fourth-order valence-electron chi connectivity index (χ4n) is 4.61. The summed E-state index contributed by atoms with van der Waals surface area (Å²) in [7, 11) is 1.55. The maximum atomic E-state index is 13.2. The molecule has 0 bridgehead atoms. The van der Waals surface area contributed by atoms with Crippen molar-refractivity contribution in [1.82, 2.24) is 19.4 Å². The molecule has 1 N–H and O–H groups in total. The Hall–Kier alpha value is -2.58. The lowest BCUT2D eigenvalue weighted by Gasteiger charge is -2.41. The van der Waals surface area contributed by atoms with Gasteiger partial charge in [0.2, 0.25) is 11.8 Å². The van der Waals surface area contributed by atoms with Crippen molar-refractivity contribution in [2.75, 3.05) is 26.7 Å². The standard InChI is InChI=1S/C22H25ClN4O4/c1-31-19-11-14(13-2-3-13)10-17-20(23)21(24-27(17)19)22(30)25-8-9-26(18(29)12-25)15-4-6-16(28)7-5-15/h2,10-11,15-16,28H,3-9,12H2,1H3. The van der Waals surface area contributed by atoms with Gasteiger partial charge in [-0.25, -0.2) is 0 Å². The number of pyridine rings is 1. The lowest BCUT2D eigenvalue weighted by molar-refractivity contribution is -0.138. The molecule has 2 aliphatic carbocycles. The summed E-state index contributed by atoms with van der Waals surface area (Å²) < 4.78 is 6.99. The number of carbonyl (C=O) groups is 2. The van der Waals surface area contributed by atoms with Crippen molar-refractivity contribution in [1.29, 1.82) is 0 Å². The molecule has 0 unspecified atom stereocenters. The van der Waals surface area contributed by atoms with E-state index in [-0.39, 0.29) is 41.2 Å². The third-order valence-corrected chi connectivity index (χ3v) is 6.86.